The van der Waals surface area contributed by atoms with Crippen molar-refractivity contribution in [3.8, 4) is 0 Å². The fourth-order valence-corrected chi connectivity index (χ4v) is 2.42. The summed E-state index contributed by atoms with van der Waals surface area (Å²) in [4.78, 5) is 18.5. The van der Waals surface area contributed by atoms with Crippen LogP contribution in [0.2, 0.25) is 0 Å². The van der Waals surface area contributed by atoms with Crippen molar-refractivity contribution in [2.24, 2.45) is 5.73 Å². The van der Waals surface area contributed by atoms with E-state index in [-0.39, 0.29) is 12.1 Å². The van der Waals surface area contributed by atoms with Crippen molar-refractivity contribution in [3.05, 3.63) is 29.6 Å². The number of carbonyl (C=O) groups excluding carboxylic acids is 1. The van der Waals surface area contributed by atoms with Crippen LogP contribution in [0.1, 0.15) is 39.1 Å². The Kier molecular flexibility index (Phi) is 6.97. The van der Waals surface area contributed by atoms with Gasteiger partial charge < -0.3 is 15.8 Å². The summed E-state index contributed by atoms with van der Waals surface area (Å²) in [6, 6.07) is 5.81. The zero-order chi connectivity index (χ0) is 17.6. The molecule has 6 nitrogen and oxygen atoms in total. The predicted molar refractivity (Wildman–Crippen MR) is 92.1 cm³/mol. The van der Waals surface area contributed by atoms with E-state index in [0.717, 1.165) is 11.4 Å². The number of hydrogen-bond donors (Lipinski definition) is 2. The normalized spacial score (nSPS) is 14.4. The van der Waals surface area contributed by atoms with Gasteiger partial charge in [0.05, 0.1) is 5.69 Å². The summed E-state index contributed by atoms with van der Waals surface area (Å²) in [6.45, 7) is 10.5. The molecular formula is C17H30N4O2. The fraction of sp³-hybridized carbons (Fsp3) is 0.647. The third-order valence-electron chi connectivity index (χ3n) is 3.49. The number of carbonyl (C=O) groups is 1. The van der Waals surface area contributed by atoms with Crippen LogP contribution in [0.25, 0.3) is 0 Å². The van der Waals surface area contributed by atoms with Gasteiger partial charge in [-0.3, -0.25) is 9.88 Å². The molecule has 23 heavy (non-hydrogen) atoms. The van der Waals surface area contributed by atoms with Gasteiger partial charge in [0.1, 0.15) is 5.60 Å². The molecule has 0 aliphatic rings. The van der Waals surface area contributed by atoms with Gasteiger partial charge in [-0.2, -0.15) is 0 Å². The van der Waals surface area contributed by atoms with Crippen molar-refractivity contribution >= 4 is 6.09 Å². The lowest BCUT2D eigenvalue weighted by Crippen LogP contribution is -2.53. The summed E-state index contributed by atoms with van der Waals surface area (Å²) in [5, 5.41) is 2.86. The van der Waals surface area contributed by atoms with Crippen molar-refractivity contribution in [2.75, 3.05) is 13.6 Å². The minimum atomic E-state index is -0.514. The Hall–Kier alpha value is -1.66. The highest BCUT2D eigenvalue weighted by molar-refractivity contribution is 5.68. The molecule has 0 fully saturated rings. The highest BCUT2D eigenvalue weighted by Crippen LogP contribution is 2.10. The summed E-state index contributed by atoms with van der Waals surface area (Å²) in [6.07, 6.45) is -0.425. The van der Waals surface area contributed by atoms with Gasteiger partial charge in [0.2, 0.25) is 0 Å². The Morgan fingerprint density at radius 3 is 2.61 bits per heavy atom. The van der Waals surface area contributed by atoms with Gasteiger partial charge in [-0.1, -0.05) is 6.07 Å². The predicted octanol–water partition coefficient (Wildman–Crippen LogP) is 2.06. The van der Waals surface area contributed by atoms with E-state index in [2.05, 4.69) is 15.2 Å². The lowest BCUT2D eigenvalue weighted by molar-refractivity contribution is 0.0476. The SMILES string of the molecule is Cc1cccc(CN(C)C(CN)C(C)NC(=O)OC(C)(C)C)n1. The van der Waals surface area contributed by atoms with Crippen molar-refractivity contribution in [1.29, 1.82) is 0 Å². The van der Waals surface area contributed by atoms with Crippen molar-refractivity contribution in [2.45, 2.75) is 58.8 Å². The quantitative estimate of drug-likeness (QED) is 0.838. The van der Waals surface area contributed by atoms with Crippen molar-refractivity contribution < 1.29 is 9.53 Å². The average Bonchev–Trinajstić information content (AvgIpc) is 2.36. The fourth-order valence-electron chi connectivity index (χ4n) is 2.42. The first-order valence-corrected chi connectivity index (χ1v) is 7.94. The third-order valence-corrected chi connectivity index (χ3v) is 3.49. The first kappa shape index (κ1) is 19.4. The number of hydrogen-bond acceptors (Lipinski definition) is 5. The van der Waals surface area contributed by atoms with Gasteiger partial charge in [-0.25, -0.2) is 4.79 Å². The molecule has 6 heteroatoms. The average molecular weight is 322 g/mol. The van der Waals surface area contributed by atoms with Gasteiger partial charge in [0, 0.05) is 30.9 Å². The topological polar surface area (TPSA) is 80.5 Å². The molecule has 0 aliphatic carbocycles. The Labute approximate surface area is 139 Å². The maximum absolute atomic E-state index is 11.9. The van der Waals surface area contributed by atoms with E-state index in [1.54, 1.807) is 0 Å². The number of amides is 1. The number of ether oxygens (including phenoxy) is 1. The van der Waals surface area contributed by atoms with Gasteiger partial charge in [-0.15, -0.1) is 0 Å². The number of aromatic nitrogens is 1. The van der Waals surface area contributed by atoms with Crippen molar-refractivity contribution in [1.82, 2.24) is 15.2 Å². The molecule has 1 aromatic heterocycles. The molecule has 3 N–H and O–H groups in total. The molecule has 1 amide bonds. The molecule has 2 atom stereocenters. The van der Waals surface area contributed by atoms with E-state index < -0.39 is 11.7 Å². The minimum absolute atomic E-state index is 0.00942. The summed E-state index contributed by atoms with van der Waals surface area (Å²) in [7, 11) is 1.98. The highest BCUT2D eigenvalue weighted by atomic mass is 16.6. The van der Waals surface area contributed by atoms with Crippen LogP contribution in [0.4, 0.5) is 4.79 Å². The maximum Gasteiger partial charge on any atom is 0.407 e. The molecule has 2 unspecified atom stereocenters. The second kappa shape index (κ2) is 8.26. The van der Waals surface area contributed by atoms with Gasteiger partial charge in [0.25, 0.3) is 0 Å². The molecule has 130 valence electrons. The summed E-state index contributed by atoms with van der Waals surface area (Å²) in [5.74, 6) is 0. The number of nitrogens with one attached hydrogen (secondary N) is 1. The van der Waals surface area contributed by atoms with Crippen LogP contribution < -0.4 is 11.1 Å². The smallest absolute Gasteiger partial charge is 0.407 e. The number of nitrogens with zero attached hydrogens (tertiary/aromatic N) is 2. The molecule has 1 aromatic rings. The zero-order valence-electron chi connectivity index (χ0n) is 15.1. The van der Waals surface area contributed by atoms with Crippen LogP contribution in [-0.2, 0) is 11.3 Å². The summed E-state index contributed by atoms with van der Waals surface area (Å²) >= 11 is 0. The highest BCUT2D eigenvalue weighted by Gasteiger charge is 2.24. The van der Waals surface area contributed by atoms with E-state index >= 15 is 0 Å². The molecule has 0 radical (unpaired) electrons. The molecule has 0 bridgehead atoms. The number of likely N-dealkylation sites (N-methyl/N-ethyl adjacent to an activating group) is 1. The standard InChI is InChI=1S/C17H30N4O2/c1-12-8-7-9-14(19-12)11-21(6)15(10-18)13(2)20-16(22)23-17(3,4)5/h7-9,13,15H,10-11,18H2,1-6H3,(H,20,22). The number of alkyl carbamates (subject to hydrolysis) is 1. The number of rotatable bonds is 6. The molecule has 0 saturated carbocycles. The zero-order valence-corrected chi connectivity index (χ0v) is 15.1. The Morgan fingerprint density at radius 2 is 2.09 bits per heavy atom. The summed E-state index contributed by atoms with van der Waals surface area (Å²) in [5.41, 5.74) is 7.36. The molecule has 0 aromatic carbocycles. The molecular weight excluding hydrogens is 292 g/mol. The Balaban J connectivity index is 2.65. The summed E-state index contributed by atoms with van der Waals surface area (Å²) < 4.78 is 5.30. The van der Waals surface area contributed by atoms with Crippen LogP contribution in [-0.4, -0.2) is 47.3 Å². The molecule has 1 rings (SSSR count). The van der Waals surface area contributed by atoms with Gasteiger partial charge >= 0.3 is 6.09 Å². The first-order chi connectivity index (χ1) is 10.6. The van der Waals surface area contributed by atoms with E-state index in [0.29, 0.717) is 13.1 Å². The maximum atomic E-state index is 11.9. The molecule has 0 saturated heterocycles. The Bertz CT molecular complexity index is 514. The number of nitrogens with two attached hydrogens (primary N) is 1. The lowest BCUT2D eigenvalue weighted by Gasteiger charge is -2.32. The van der Waals surface area contributed by atoms with Crippen LogP contribution in [0.3, 0.4) is 0 Å². The minimum Gasteiger partial charge on any atom is -0.444 e. The molecule has 0 aliphatic heterocycles. The third kappa shape index (κ3) is 6.97. The molecule has 0 spiro atoms. The van der Waals surface area contributed by atoms with Crippen LogP contribution in [0, 0.1) is 6.92 Å². The largest absolute Gasteiger partial charge is 0.444 e. The van der Waals surface area contributed by atoms with Crippen LogP contribution in [0.5, 0.6) is 0 Å². The van der Waals surface area contributed by atoms with Crippen molar-refractivity contribution in [3.63, 3.8) is 0 Å². The Morgan fingerprint density at radius 1 is 1.43 bits per heavy atom. The number of aryl methyl sites for hydroxylation is 1. The van der Waals surface area contributed by atoms with E-state index in [9.17, 15) is 4.79 Å². The van der Waals surface area contributed by atoms with E-state index in [4.69, 9.17) is 10.5 Å². The number of pyridine rings is 1. The monoisotopic (exact) mass is 322 g/mol. The second-order valence-electron chi connectivity index (χ2n) is 6.92. The van der Waals surface area contributed by atoms with E-state index in [1.807, 2.05) is 59.9 Å². The van der Waals surface area contributed by atoms with Gasteiger partial charge in [-0.05, 0) is 53.8 Å². The second-order valence-corrected chi connectivity index (χ2v) is 6.92. The van der Waals surface area contributed by atoms with Crippen LogP contribution in [0.15, 0.2) is 18.2 Å². The lowest BCUT2D eigenvalue weighted by atomic mass is 10.1. The molecule has 1 heterocycles. The first-order valence-electron chi connectivity index (χ1n) is 7.94. The van der Waals surface area contributed by atoms with E-state index in [1.165, 1.54) is 0 Å². The van der Waals surface area contributed by atoms with Gasteiger partial charge in [0.15, 0.2) is 0 Å². The van der Waals surface area contributed by atoms with Crippen LogP contribution >= 0.6 is 0 Å².